The average molecular weight is 314 g/mol. The number of carbonyl (C=O) groups excluding carboxylic acids is 1. The second-order valence-electron chi connectivity index (χ2n) is 5.74. The summed E-state index contributed by atoms with van der Waals surface area (Å²) in [5.74, 6) is 0.998. The van der Waals surface area contributed by atoms with Gasteiger partial charge in [-0.2, -0.15) is 0 Å². The second kappa shape index (κ2) is 7.63. The van der Waals surface area contributed by atoms with Crippen molar-refractivity contribution in [2.24, 2.45) is 0 Å². The van der Waals surface area contributed by atoms with Gasteiger partial charge in [-0.3, -0.25) is 9.59 Å². The number of H-pyrrole nitrogens is 1. The topological polar surface area (TPSA) is 71.2 Å². The van der Waals surface area contributed by atoms with E-state index < -0.39 is 0 Å². The molecule has 5 heteroatoms. The quantitative estimate of drug-likeness (QED) is 0.805. The van der Waals surface area contributed by atoms with E-state index in [0.29, 0.717) is 24.6 Å². The summed E-state index contributed by atoms with van der Waals surface area (Å²) < 4.78 is 5.81. The SMILES string of the molecule is Cc1ccc(C(C)C)c(OCCNC(=O)c2ccc(=O)[nH]c2)c1. The van der Waals surface area contributed by atoms with E-state index in [4.69, 9.17) is 4.74 Å². The standard InChI is InChI=1S/C18H22N2O3/c1-12(2)15-6-4-13(3)10-16(15)23-9-8-19-18(22)14-5-7-17(21)20-11-14/h4-7,10-12H,8-9H2,1-3H3,(H,19,22)(H,20,21). The maximum Gasteiger partial charge on any atom is 0.252 e. The lowest BCUT2D eigenvalue weighted by Crippen LogP contribution is -2.28. The Bertz CT molecular complexity index is 715. The predicted octanol–water partition coefficient (Wildman–Crippen LogP) is 2.62. The molecule has 0 spiro atoms. The van der Waals surface area contributed by atoms with E-state index in [1.165, 1.54) is 18.3 Å². The van der Waals surface area contributed by atoms with Crippen molar-refractivity contribution in [3.63, 3.8) is 0 Å². The summed E-state index contributed by atoms with van der Waals surface area (Å²) in [6.45, 7) is 7.04. The maximum absolute atomic E-state index is 11.9. The van der Waals surface area contributed by atoms with Gasteiger partial charge < -0.3 is 15.0 Å². The summed E-state index contributed by atoms with van der Waals surface area (Å²) in [5, 5.41) is 2.77. The average Bonchev–Trinajstić information content (AvgIpc) is 2.51. The molecule has 2 N–H and O–H groups in total. The molecule has 2 aromatic rings. The molecule has 122 valence electrons. The van der Waals surface area contributed by atoms with Gasteiger partial charge in [0.1, 0.15) is 12.4 Å². The van der Waals surface area contributed by atoms with Crippen molar-refractivity contribution < 1.29 is 9.53 Å². The Balaban J connectivity index is 1.88. The highest BCUT2D eigenvalue weighted by atomic mass is 16.5. The fourth-order valence-corrected chi connectivity index (χ4v) is 2.22. The Labute approximate surface area is 135 Å². The van der Waals surface area contributed by atoms with Crippen LogP contribution in [0, 0.1) is 6.92 Å². The first-order chi connectivity index (χ1) is 11.0. The van der Waals surface area contributed by atoms with Crippen LogP contribution >= 0.6 is 0 Å². The van der Waals surface area contributed by atoms with Crippen molar-refractivity contribution in [2.45, 2.75) is 26.7 Å². The minimum atomic E-state index is -0.238. The number of amides is 1. The molecule has 0 atom stereocenters. The number of aromatic amines is 1. The van der Waals surface area contributed by atoms with E-state index in [1.54, 1.807) is 0 Å². The van der Waals surface area contributed by atoms with Crippen molar-refractivity contribution >= 4 is 5.91 Å². The van der Waals surface area contributed by atoms with E-state index in [-0.39, 0.29) is 11.5 Å². The molecule has 0 unspecified atom stereocenters. The van der Waals surface area contributed by atoms with Crippen LogP contribution in [0.15, 0.2) is 41.3 Å². The number of aryl methyl sites for hydroxylation is 1. The van der Waals surface area contributed by atoms with Gasteiger partial charge in [0, 0.05) is 12.3 Å². The van der Waals surface area contributed by atoms with Crippen LogP contribution in [0.5, 0.6) is 5.75 Å². The first kappa shape index (κ1) is 16.8. The molecule has 0 aliphatic heterocycles. The minimum Gasteiger partial charge on any atom is -0.491 e. The number of hydrogen-bond donors (Lipinski definition) is 2. The molecule has 2 rings (SSSR count). The van der Waals surface area contributed by atoms with Crippen LogP contribution in [0.3, 0.4) is 0 Å². The molecule has 0 bridgehead atoms. The van der Waals surface area contributed by atoms with Crippen LogP contribution in [0.25, 0.3) is 0 Å². The molecule has 1 aromatic carbocycles. The fraction of sp³-hybridized carbons (Fsp3) is 0.333. The zero-order valence-corrected chi connectivity index (χ0v) is 13.7. The van der Waals surface area contributed by atoms with Crippen molar-refractivity contribution in [1.29, 1.82) is 0 Å². The number of nitrogens with one attached hydrogen (secondary N) is 2. The lowest BCUT2D eigenvalue weighted by atomic mass is 10.0. The van der Waals surface area contributed by atoms with Crippen LogP contribution in [0.1, 0.15) is 41.3 Å². The van der Waals surface area contributed by atoms with Gasteiger partial charge >= 0.3 is 0 Å². The number of pyridine rings is 1. The van der Waals surface area contributed by atoms with Gasteiger partial charge in [0.2, 0.25) is 5.56 Å². The van der Waals surface area contributed by atoms with Gasteiger partial charge in [-0.15, -0.1) is 0 Å². The molecule has 0 radical (unpaired) electrons. The predicted molar refractivity (Wildman–Crippen MR) is 90.2 cm³/mol. The number of ether oxygens (including phenoxy) is 1. The third-order valence-corrected chi connectivity index (χ3v) is 3.48. The monoisotopic (exact) mass is 314 g/mol. The van der Waals surface area contributed by atoms with E-state index in [1.807, 2.05) is 13.0 Å². The number of rotatable bonds is 6. The molecule has 5 nitrogen and oxygen atoms in total. The smallest absolute Gasteiger partial charge is 0.252 e. The zero-order valence-electron chi connectivity index (χ0n) is 13.7. The zero-order chi connectivity index (χ0) is 16.8. The molecule has 23 heavy (non-hydrogen) atoms. The molecule has 1 aromatic heterocycles. The molecular formula is C18H22N2O3. The summed E-state index contributed by atoms with van der Waals surface area (Å²) >= 11 is 0. The van der Waals surface area contributed by atoms with Gasteiger partial charge in [-0.25, -0.2) is 0 Å². The van der Waals surface area contributed by atoms with Crippen LogP contribution in [-0.4, -0.2) is 24.0 Å². The Hall–Kier alpha value is -2.56. The molecule has 0 fully saturated rings. The van der Waals surface area contributed by atoms with Crippen molar-refractivity contribution in [3.8, 4) is 5.75 Å². The molecule has 1 amide bonds. The second-order valence-corrected chi connectivity index (χ2v) is 5.74. The van der Waals surface area contributed by atoms with Gasteiger partial charge in [-0.05, 0) is 36.1 Å². The largest absolute Gasteiger partial charge is 0.491 e. The number of carbonyl (C=O) groups is 1. The summed E-state index contributed by atoms with van der Waals surface area (Å²) in [6, 6.07) is 8.98. The highest BCUT2D eigenvalue weighted by molar-refractivity contribution is 5.93. The highest BCUT2D eigenvalue weighted by Gasteiger charge is 2.09. The normalized spacial score (nSPS) is 10.6. The maximum atomic E-state index is 11.9. The van der Waals surface area contributed by atoms with Crippen LogP contribution in [-0.2, 0) is 0 Å². The first-order valence-corrected chi connectivity index (χ1v) is 7.67. The molecule has 1 heterocycles. The number of hydrogen-bond acceptors (Lipinski definition) is 3. The van der Waals surface area contributed by atoms with Gasteiger partial charge in [0.15, 0.2) is 0 Å². The molecular weight excluding hydrogens is 292 g/mol. The van der Waals surface area contributed by atoms with Crippen LogP contribution in [0.2, 0.25) is 0 Å². The number of aromatic nitrogens is 1. The van der Waals surface area contributed by atoms with Crippen molar-refractivity contribution in [1.82, 2.24) is 10.3 Å². The molecule has 0 saturated heterocycles. The lowest BCUT2D eigenvalue weighted by Gasteiger charge is -2.15. The Morgan fingerprint density at radius 2 is 2.04 bits per heavy atom. The Morgan fingerprint density at radius 3 is 2.70 bits per heavy atom. The Morgan fingerprint density at radius 1 is 1.26 bits per heavy atom. The molecule has 0 aliphatic rings. The van der Waals surface area contributed by atoms with E-state index in [9.17, 15) is 9.59 Å². The van der Waals surface area contributed by atoms with Crippen LogP contribution < -0.4 is 15.6 Å². The minimum absolute atomic E-state index is 0.231. The first-order valence-electron chi connectivity index (χ1n) is 7.67. The summed E-state index contributed by atoms with van der Waals surface area (Å²) in [6.07, 6.45) is 1.40. The van der Waals surface area contributed by atoms with E-state index in [0.717, 1.165) is 16.9 Å². The highest BCUT2D eigenvalue weighted by Crippen LogP contribution is 2.27. The van der Waals surface area contributed by atoms with Crippen LogP contribution in [0.4, 0.5) is 0 Å². The van der Waals surface area contributed by atoms with Crippen molar-refractivity contribution in [2.75, 3.05) is 13.2 Å². The summed E-state index contributed by atoms with van der Waals surface area (Å²) in [7, 11) is 0. The van der Waals surface area contributed by atoms with Gasteiger partial charge in [-0.1, -0.05) is 26.0 Å². The lowest BCUT2D eigenvalue weighted by molar-refractivity contribution is 0.0946. The number of benzene rings is 1. The third-order valence-electron chi connectivity index (χ3n) is 3.48. The summed E-state index contributed by atoms with van der Waals surface area (Å²) in [5.41, 5.74) is 2.48. The van der Waals surface area contributed by atoms with Gasteiger partial charge in [0.05, 0.1) is 12.1 Å². The molecule has 0 aliphatic carbocycles. The van der Waals surface area contributed by atoms with Crippen molar-refractivity contribution in [3.05, 3.63) is 63.6 Å². The molecule has 0 saturated carbocycles. The van der Waals surface area contributed by atoms with Gasteiger partial charge in [0.25, 0.3) is 5.91 Å². The fourth-order valence-electron chi connectivity index (χ4n) is 2.22. The third kappa shape index (κ3) is 4.71. The van der Waals surface area contributed by atoms with E-state index >= 15 is 0 Å². The summed E-state index contributed by atoms with van der Waals surface area (Å²) in [4.78, 5) is 25.4. The van der Waals surface area contributed by atoms with E-state index in [2.05, 4.69) is 36.3 Å². The Kier molecular flexibility index (Phi) is 5.57.